The molecule has 1 aromatic heterocycles. The zero-order valence-corrected chi connectivity index (χ0v) is 13.6. The van der Waals surface area contributed by atoms with Gasteiger partial charge in [-0.1, -0.05) is 17.7 Å². The number of pyridine rings is 1. The third kappa shape index (κ3) is 4.94. The highest BCUT2D eigenvalue weighted by atomic mass is 16.5. The van der Waals surface area contributed by atoms with Crippen LogP contribution in [0, 0.1) is 6.92 Å². The van der Waals surface area contributed by atoms with Crippen LogP contribution in [0.15, 0.2) is 42.6 Å². The standard InChI is InChI=1S/C18H24N4O/c1-15-2-4-16(5-3-15)21-18-14-17(6-7-20-18)19-8-9-22-10-12-23-13-11-22/h2-7,14H,8-13H2,1H3,(H2,19,20,21). The number of rotatable bonds is 6. The van der Waals surface area contributed by atoms with Gasteiger partial charge in [0.1, 0.15) is 5.82 Å². The molecule has 1 saturated heterocycles. The number of hydrogen-bond donors (Lipinski definition) is 2. The SMILES string of the molecule is Cc1ccc(Nc2cc(NCCN3CCOCC3)ccn2)cc1. The minimum absolute atomic E-state index is 0.847. The lowest BCUT2D eigenvalue weighted by Crippen LogP contribution is -2.39. The van der Waals surface area contributed by atoms with Gasteiger partial charge in [-0.25, -0.2) is 4.98 Å². The molecule has 5 heteroatoms. The van der Waals surface area contributed by atoms with E-state index in [9.17, 15) is 0 Å². The van der Waals surface area contributed by atoms with Crippen molar-refractivity contribution < 1.29 is 4.74 Å². The fraction of sp³-hybridized carbons (Fsp3) is 0.389. The van der Waals surface area contributed by atoms with Crippen molar-refractivity contribution in [3.05, 3.63) is 48.2 Å². The molecule has 0 spiro atoms. The zero-order valence-electron chi connectivity index (χ0n) is 13.6. The zero-order chi connectivity index (χ0) is 15.9. The van der Waals surface area contributed by atoms with E-state index in [0.29, 0.717) is 0 Å². The summed E-state index contributed by atoms with van der Waals surface area (Å²) in [5.74, 6) is 0.852. The van der Waals surface area contributed by atoms with Crippen molar-refractivity contribution in [3.63, 3.8) is 0 Å². The Balaban J connectivity index is 1.51. The van der Waals surface area contributed by atoms with Gasteiger partial charge in [0.15, 0.2) is 0 Å². The Hall–Kier alpha value is -2.11. The Kier molecular flexibility index (Phi) is 5.45. The summed E-state index contributed by atoms with van der Waals surface area (Å²) in [4.78, 5) is 6.80. The summed E-state index contributed by atoms with van der Waals surface area (Å²) in [5.41, 5.74) is 3.39. The van der Waals surface area contributed by atoms with E-state index < -0.39 is 0 Å². The molecule has 3 rings (SSSR count). The van der Waals surface area contributed by atoms with Crippen LogP contribution >= 0.6 is 0 Å². The maximum atomic E-state index is 5.37. The van der Waals surface area contributed by atoms with E-state index >= 15 is 0 Å². The lowest BCUT2D eigenvalue weighted by atomic mass is 10.2. The van der Waals surface area contributed by atoms with Gasteiger partial charge in [-0.3, -0.25) is 4.90 Å². The molecule has 2 aromatic rings. The van der Waals surface area contributed by atoms with E-state index in [0.717, 1.165) is 56.6 Å². The number of morpholine rings is 1. The molecule has 1 fully saturated rings. The van der Waals surface area contributed by atoms with Crippen LogP contribution in [0.3, 0.4) is 0 Å². The summed E-state index contributed by atoms with van der Waals surface area (Å²) >= 11 is 0. The minimum atomic E-state index is 0.847. The van der Waals surface area contributed by atoms with Gasteiger partial charge in [-0.2, -0.15) is 0 Å². The summed E-state index contributed by atoms with van der Waals surface area (Å²) in [6.45, 7) is 7.79. The van der Waals surface area contributed by atoms with Crippen LogP contribution in [0.5, 0.6) is 0 Å². The average molecular weight is 312 g/mol. The maximum Gasteiger partial charge on any atom is 0.132 e. The highest BCUT2D eigenvalue weighted by Crippen LogP contribution is 2.18. The summed E-state index contributed by atoms with van der Waals surface area (Å²) < 4.78 is 5.37. The molecule has 0 amide bonds. The second kappa shape index (κ2) is 7.94. The largest absolute Gasteiger partial charge is 0.384 e. The molecule has 1 aliphatic heterocycles. The minimum Gasteiger partial charge on any atom is -0.384 e. The van der Waals surface area contributed by atoms with Gasteiger partial charge < -0.3 is 15.4 Å². The summed E-state index contributed by atoms with van der Waals surface area (Å²) in [5, 5.41) is 6.80. The first-order valence-corrected chi connectivity index (χ1v) is 8.13. The number of anilines is 3. The Labute approximate surface area is 137 Å². The topological polar surface area (TPSA) is 49.4 Å². The van der Waals surface area contributed by atoms with Crippen molar-refractivity contribution in [1.82, 2.24) is 9.88 Å². The number of benzene rings is 1. The summed E-state index contributed by atoms with van der Waals surface area (Å²) in [6, 6.07) is 12.4. The number of ether oxygens (including phenoxy) is 1. The molecule has 5 nitrogen and oxygen atoms in total. The number of aromatic nitrogens is 1. The first-order chi connectivity index (χ1) is 11.3. The van der Waals surface area contributed by atoms with Crippen molar-refractivity contribution in [2.24, 2.45) is 0 Å². The Morgan fingerprint density at radius 1 is 1.09 bits per heavy atom. The van der Waals surface area contributed by atoms with Crippen LogP contribution in [-0.2, 0) is 4.74 Å². The normalized spacial score (nSPS) is 15.3. The number of aryl methyl sites for hydroxylation is 1. The Morgan fingerprint density at radius 2 is 1.87 bits per heavy atom. The predicted octanol–water partition coefficient (Wildman–Crippen LogP) is 2.88. The van der Waals surface area contributed by atoms with Gasteiger partial charge in [-0.15, -0.1) is 0 Å². The van der Waals surface area contributed by atoms with Crippen LogP contribution in [-0.4, -0.2) is 49.3 Å². The molecule has 0 aliphatic carbocycles. The van der Waals surface area contributed by atoms with Gasteiger partial charge in [0.25, 0.3) is 0 Å². The maximum absolute atomic E-state index is 5.37. The predicted molar refractivity (Wildman–Crippen MR) is 94.4 cm³/mol. The van der Waals surface area contributed by atoms with Gasteiger partial charge in [0.2, 0.25) is 0 Å². The van der Waals surface area contributed by atoms with E-state index in [-0.39, 0.29) is 0 Å². The van der Waals surface area contributed by atoms with E-state index in [1.165, 1.54) is 5.56 Å². The van der Waals surface area contributed by atoms with E-state index in [1.807, 2.05) is 18.3 Å². The third-order valence-corrected chi connectivity index (χ3v) is 3.94. The monoisotopic (exact) mass is 312 g/mol. The van der Waals surface area contributed by atoms with E-state index in [2.05, 4.69) is 51.7 Å². The van der Waals surface area contributed by atoms with Crippen LogP contribution in [0.25, 0.3) is 0 Å². The van der Waals surface area contributed by atoms with Crippen molar-refractivity contribution in [2.75, 3.05) is 50.0 Å². The number of hydrogen-bond acceptors (Lipinski definition) is 5. The molecule has 0 bridgehead atoms. The van der Waals surface area contributed by atoms with E-state index in [4.69, 9.17) is 4.74 Å². The molecule has 0 radical (unpaired) electrons. The number of nitrogens with zero attached hydrogens (tertiary/aromatic N) is 2. The fourth-order valence-corrected chi connectivity index (χ4v) is 2.58. The van der Waals surface area contributed by atoms with Gasteiger partial charge in [0, 0.05) is 49.8 Å². The van der Waals surface area contributed by atoms with Crippen LogP contribution in [0.1, 0.15) is 5.56 Å². The third-order valence-electron chi connectivity index (χ3n) is 3.94. The molecule has 2 N–H and O–H groups in total. The summed E-state index contributed by atoms with van der Waals surface area (Å²) in [6.07, 6.45) is 1.83. The van der Waals surface area contributed by atoms with Crippen LogP contribution in [0.4, 0.5) is 17.2 Å². The first kappa shape index (κ1) is 15.8. The van der Waals surface area contributed by atoms with Gasteiger partial charge >= 0.3 is 0 Å². The lowest BCUT2D eigenvalue weighted by Gasteiger charge is -2.26. The van der Waals surface area contributed by atoms with Gasteiger partial charge in [0.05, 0.1) is 13.2 Å². The molecule has 23 heavy (non-hydrogen) atoms. The smallest absolute Gasteiger partial charge is 0.132 e. The second-order valence-electron chi connectivity index (χ2n) is 5.80. The highest BCUT2D eigenvalue weighted by Gasteiger charge is 2.09. The Bertz CT molecular complexity index is 609. The second-order valence-corrected chi connectivity index (χ2v) is 5.80. The molecule has 1 aliphatic rings. The first-order valence-electron chi connectivity index (χ1n) is 8.13. The quantitative estimate of drug-likeness (QED) is 0.859. The Morgan fingerprint density at radius 3 is 2.65 bits per heavy atom. The molecule has 0 saturated carbocycles. The summed E-state index contributed by atoms with van der Waals surface area (Å²) in [7, 11) is 0. The lowest BCUT2D eigenvalue weighted by molar-refractivity contribution is 0.0398. The van der Waals surface area contributed by atoms with Gasteiger partial charge in [-0.05, 0) is 25.1 Å². The van der Waals surface area contributed by atoms with E-state index in [1.54, 1.807) is 0 Å². The average Bonchev–Trinajstić information content (AvgIpc) is 2.58. The molecule has 122 valence electrons. The van der Waals surface area contributed by atoms with Crippen molar-refractivity contribution in [2.45, 2.75) is 6.92 Å². The molecular weight excluding hydrogens is 288 g/mol. The molecule has 0 unspecified atom stereocenters. The van der Waals surface area contributed by atoms with Crippen molar-refractivity contribution in [3.8, 4) is 0 Å². The molecular formula is C18H24N4O. The van der Waals surface area contributed by atoms with Crippen molar-refractivity contribution in [1.29, 1.82) is 0 Å². The molecule has 2 heterocycles. The molecule has 0 atom stereocenters. The highest BCUT2D eigenvalue weighted by molar-refractivity contribution is 5.60. The van der Waals surface area contributed by atoms with Crippen molar-refractivity contribution >= 4 is 17.2 Å². The van der Waals surface area contributed by atoms with Crippen LogP contribution < -0.4 is 10.6 Å². The van der Waals surface area contributed by atoms with Crippen LogP contribution in [0.2, 0.25) is 0 Å². The fourth-order valence-electron chi connectivity index (χ4n) is 2.58. The number of nitrogens with one attached hydrogen (secondary N) is 2. The molecule has 1 aromatic carbocycles.